The van der Waals surface area contributed by atoms with E-state index in [-0.39, 0.29) is 5.25 Å². The van der Waals surface area contributed by atoms with Crippen LogP contribution in [-0.2, 0) is 0 Å². The van der Waals surface area contributed by atoms with E-state index in [0.29, 0.717) is 0 Å². The topological polar surface area (TPSA) is 15.8 Å². The molecule has 62 valence electrons. The second kappa shape index (κ2) is 2.87. The van der Waals surface area contributed by atoms with Gasteiger partial charge in [-0.2, -0.15) is 12.6 Å². The minimum Gasteiger partial charge on any atom is -0.363 e. The van der Waals surface area contributed by atoms with E-state index in [1.54, 1.807) is 0 Å². The molecule has 1 aromatic heterocycles. The number of aromatic amines is 1. The van der Waals surface area contributed by atoms with Gasteiger partial charge in [-0.05, 0) is 12.3 Å². The maximum Gasteiger partial charge on any atom is 0.0396 e. The highest BCUT2D eigenvalue weighted by Gasteiger charge is 2.05. The Morgan fingerprint density at radius 2 is 2.08 bits per heavy atom. The van der Waals surface area contributed by atoms with Crippen molar-refractivity contribution in [3.63, 3.8) is 0 Å². The summed E-state index contributed by atoms with van der Waals surface area (Å²) in [4.78, 5) is 3.24. The van der Waals surface area contributed by atoms with Crippen LogP contribution in [0.5, 0.6) is 0 Å². The van der Waals surface area contributed by atoms with Gasteiger partial charge < -0.3 is 4.98 Å². The summed E-state index contributed by atoms with van der Waals surface area (Å²) >= 11 is 4.40. The standard InChI is InChI=1S/C10H11NS/c1-7(12)10-9-5-3-2-4-8(9)6-11-10/h2-7,11-12H,1H3. The average molecular weight is 177 g/mol. The van der Waals surface area contributed by atoms with E-state index < -0.39 is 0 Å². The van der Waals surface area contributed by atoms with Gasteiger partial charge in [0, 0.05) is 22.5 Å². The molecule has 1 aromatic carbocycles. The van der Waals surface area contributed by atoms with Crippen molar-refractivity contribution < 1.29 is 0 Å². The van der Waals surface area contributed by atoms with Gasteiger partial charge in [0.05, 0.1) is 0 Å². The molecule has 0 amide bonds. The fourth-order valence-electron chi connectivity index (χ4n) is 1.45. The highest BCUT2D eigenvalue weighted by Crippen LogP contribution is 2.26. The maximum absolute atomic E-state index is 4.40. The Balaban J connectivity index is 2.70. The van der Waals surface area contributed by atoms with Gasteiger partial charge in [-0.15, -0.1) is 0 Å². The molecule has 0 bridgehead atoms. The van der Waals surface area contributed by atoms with Crippen molar-refractivity contribution in [3.8, 4) is 0 Å². The molecule has 1 heterocycles. The van der Waals surface area contributed by atoms with Crippen LogP contribution in [0.4, 0.5) is 0 Å². The first-order valence-corrected chi connectivity index (χ1v) is 4.55. The third-order valence-corrected chi connectivity index (χ3v) is 2.31. The Morgan fingerprint density at radius 3 is 2.83 bits per heavy atom. The number of nitrogens with one attached hydrogen (secondary N) is 1. The monoisotopic (exact) mass is 177 g/mol. The minimum absolute atomic E-state index is 0.268. The molecule has 0 aliphatic rings. The highest BCUT2D eigenvalue weighted by molar-refractivity contribution is 7.80. The van der Waals surface area contributed by atoms with Gasteiger partial charge >= 0.3 is 0 Å². The molecule has 0 saturated heterocycles. The molecule has 0 fully saturated rings. The third-order valence-electron chi connectivity index (χ3n) is 2.05. The predicted octanol–water partition coefficient (Wildman–Crippen LogP) is 3.16. The molecule has 12 heavy (non-hydrogen) atoms. The largest absolute Gasteiger partial charge is 0.363 e. The summed E-state index contributed by atoms with van der Waals surface area (Å²) in [6, 6.07) is 8.32. The van der Waals surface area contributed by atoms with Crippen LogP contribution in [0.2, 0.25) is 0 Å². The molecular formula is C10H11NS. The van der Waals surface area contributed by atoms with Gasteiger partial charge in [-0.1, -0.05) is 24.3 Å². The Bertz CT molecular complexity index is 389. The van der Waals surface area contributed by atoms with Crippen LogP contribution in [0.3, 0.4) is 0 Å². The van der Waals surface area contributed by atoms with Crippen LogP contribution in [0.25, 0.3) is 10.8 Å². The second-order valence-corrected chi connectivity index (χ2v) is 3.74. The zero-order valence-corrected chi connectivity index (χ0v) is 7.81. The Kier molecular flexibility index (Phi) is 1.85. The lowest BCUT2D eigenvalue weighted by Gasteiger charge is -2.00. The molecule has 0 saturated carbocycles. The van der Waals surface area contributed by atoms with Crippen molar-refractivity contribution in [1.29, 1.82) is 0 Å². The number of fused-ring (bicyclic) bond motifs is 1. The fraction of sp³-hybridized carbons (Fsp3) is 0.200. The lowest BCUT2D eigenvalue weighted by Crippen LogP contribution is -1.83. The van der Waals surface area contributed by atoms with Gasteiger partial charge in [0.25, 0.3) is 0 Å². The van der Waals surface area contributed by atoms with Crippen molar-refractivity contribution in [1.82, 2.24) is 4.98 Å². The number of benzene rings is 1. The molecule has 1 unspecified atom stereocenters. The van der Waals surface area contributed by atoms with Crippen molar-refractivity contribution in [2.45, 2.75) is 12.2 Å². The molecule has 1 N–H and O–H groups in total. The van der Waals surface area contributed by atoms with Crippen LogP contribution >= 0.6 is 12.6 Å². The first-order chi connectivity index (χ1) is 5.79. The van der Waals surface area contributed by atoms with E-state index in [9.17, 15) is 0 Å². The third kappa shape index (κ3) is 1.12. The summed E-state index contributed by atoms with van der Waals surface area (Å²) in [6.45, 7) is 2.07. The van der Waals surface area contributed by atoms with Gasteiger partial charge in [-0.3, -0.25) is 0 Å². The fourth-order valence-corrected chi connectivity index (χ4v) is 1.66. The van der Waals surface area contributed by atoms with Gasteiger partial charge in [0.1, 0.15) is 0 Å². The molecule has 0 aliphatic heterocycles. The summed E-state index contributed by atoms with van der Waals surface area (Å²) in [5, 5.41) is 2.80. The van der Waals surface area contributed by atoms with E-state index in [1.165, 1.54) is 16.5 Å². The summed E-state index contributed by atoms with van der Waals surface area (Å²) in [5.74, 6) is 0. The van der Waals surface area contributed by atoms with Crippen LogP contribution < -0.4 is 0 Å². The molecule has 0 aliphatic carbocycles. The average Bonchev–Trinajstić information content (AvgIpc) is 2.47. The summed E-state index contributed by atoms with van der Waals surface area (Å²) < 4.78 is 0. The number of H-pyrrole nitrogens is 1. The van der Waals surface area contributed by atoms with Crippen molar-refractivity contribution in [3.05, 3.63) is 36.2 Å². The van der Waals surface area contributed by atoms with Crippen LogP contribution in [0.15, 0.2) is 30.5 Å². The molecule has 0 radical (unpaired) electrons. The van der Waals surface area contributed by atoms with Gasteiger partial charge in [0.2, 0.25) is 0 Å². The predicted molar refractivity (Wildman–Crippen MR) is 55.7 cm³/mol. The number of hydrogen-bond acceptors (Lipinski definition) is 1. The van der Waals surface area contributed by atoms with E-state index in [0.717, 1.165) is 0 Å². The van der Waals surface area contributed by atoms with Crippen LogP contribution in [0.1, 0.15) is 17.9 Å². The Morgan fingerprint density at radius 1 is 1.33 bits per heavy atom. The minimum atomic E-state index is 0.268. The van der Waals surface area contributed by atoms with E-state index in [1.807, 2.05) is 12.3 Å². The smallest absolute Gasteiger partial charge is 0.0396 e. The number of aromatic nitrogens is 1. The van der Waals surface area contributed by atoms with E-state index in [2.05, 4.69) is 42.7 Å². The molecule has 2 rings (SSSR count). The molecule has 1 nitrogen and oxygen atoms in total. The second-order valence-electron chi connectivity index (χ2n) is 2.97. The lowest BCUT2D eigenvalue weighted by atomic mass is 10.1. The van der Waals surface area contributed by atoms with Crippen molar-refractivity contribution in [2.24, 2.45) is 0 Å². The first-order valence-electron chi connectivity index (χ1n) is 4.03. The quantitative estimate of drug-likeness (QED) is 0.622. The summed E-state index contributed by atoms with van der Waals surface area (Å²) in [7, 11) is 0. The van der Waals surface area contributed by atoms with Gasteiger partial charge in [-0.25, -0.2) is 0 Å². The van der Waals surface area contributed by atoms with Crippen molar-refractivity contribution >= 4 is 23.4 Å². The lowest BCUT2D eigenvalue weighted by molar-refractivity contribution is 1.05. The van der Waals surface area contributed by atoms with Crippen LogP contribution in [-0.4, -0.2) is 4.98 Å². The van der Waals surface area contributed by atoms with Crippen LogP contribution in [0, 0.1) is 0 Å². The molecule has 2 heteroatoms. The number of rotatable bonds is 1. The highest BCUT2D eigenvalue weighted by atomic mass is 32.1. The first kappa shape index (κ1) is 7.74. The Hall–Kier alpha value is -0.890. The zero-order valence-electron chi connectivity index (χ0n) is 6.91. The maximum atomic E-state index is 4.40. The number of hydrogen-bond donors (Lipinski definition) is 2. The normalized spacial score (nSPS) is 13.5. The van der Waals surface area contributed by atoms with E-state index >= 15 is 0 Å². The van der Waals surface area contributed by atoms with E-state index in [4.69, 9.17) is 0 Å². The summed E-state index contributed by atoms with van der Waals surface area (Å²) in [6.07, 6.45) is 2.03. The molecule has 2 aromatic rings. The SMILES string of the molecule is CC(S)c1[nH]cc2ccccc12. The summed E-state index contributed by atoms with van der Waals surface area (Å²) in [5.41, 5.74) is 1.20. The zero-order chi connectivity index (χ0) is 8.55. The number of thiol groups is 1. The molecular weight excluding hydrogens is 166 g/mol. The Labute approximate surface area is 77.2 Å². The van der Waals surface area contributed by atoms with Gasteiger partial charge in [0.15, 0.2) is 0 Å². The molecule has 1 atom stereocenters. The molecule has 0 spiro atoms. The van der Waals surface area contributed by atoms with Crippen molar-refractivity contribution in [2.75, 3.05) is 0 Å².